The molecule has 1 N–H and O–H groups in total. The fourth-order valence-electron chi connectivity index (χ4n) is 2.97. The first-order valence-electron chi connectivity index (χ1n) is 8.53. The first-order valence-corrected chi connectivity index (χ1v) is 8.53. The van der Waals surface area contributed by atoms with Gasteiger partial charge < -0.3 is 9.30 Å². The molecule has 3 rings (SSSR count). The van der Waals surface area contributed by atoms with E-state index in [1.165, 1.54) is 0 Å². The minimum absolute atomic E-state index is 0.0714. The molecule has 5 heteroatoms. The molecule has 1 heterocycles. The molecule has 2 aromatic carbocycles. The maximum atomic E-state index is 12.0. The van der Waals surface area contributed by atoms with Crippen molar-refractivity contribution in [3.05, 3.63) is 64.8 Å². The smallest absolute Gasteiger partial charge is 0.277 e. The largest absolute Gasteiger partial charge is 0.483 e. The van der Waals surface area contributed by atoms with Crippen molar-refractivity contribution in [1.82, 2.24) is 9.99 Å². The van der Waals surface area contributed by atoms with Crippen LogP contribution in [0.1, 0.15) is 22.3 Å². The number of fused-ring (bicyclic) bond motifs is 1. The van der Waals surface area contributed by atoms with Crippen molar-refractivity contribution in [3.8, 4) is 5.75 Å². The van der Waals surface area contributed by atoms with Crippen LogP contribution in [0.4, 0.5) is 0 Å². The summed E-state index contributed by atoms with van der Waals surface area (Å²) in [5.74, 6) is 0.472. The van der Waals surface area contributed by atoms with Gasteiger partial charge in [0, 0.05) is 29.7 Å². The van der Waals surface area contributed by atoms with Crippen LogP contribution in [0.5, 0.6) is 5.75 Å². The highest BCUT2D eigenvalue weighted by molar-refractivity contribution is 5.99. The third kappa shape index (κ3) is 3.61. The lowest BCUT2D eigenvalue weighted by Gasteiger charge is -2.13. The molecule has 0 bridgehead atoms. The third-order valence-corrected chi connectivity index (χ3v) is 4.54. The number of ether oxygens (including phenoxy) is 1. The quantitative estimate of drug-likeness (QED) is 0.565. The number of nitrogens with zero attached hydrogens (tertiary/aromatic N) is 2. The van der Waals surface area contributed by atoms with E-state index >= 15 is 0 Å². The van der Waals surface area contributed by atoms with Gasteiger partial charge in [0.2, 0.25) is 0 Å². The fourth-order valence-corrected chi connectivity index (χ4v) is 2.97. The maximum absolute atomic E-state index is 12.0. The van der Waals surface area contributed by atoms with Gasteiger partial charge in [0.1, 0.15) is 5.75 Å². The van der Waals surface area contributed by atoms with E-state index in [0.717, 1.165) is 38.9 Å². The van der Waals surface area contributed by atoms with Gasteiger partial charge >= 0.3 is 0 Å². The molecule has 0 aliphatic rings. The van der Waals surface area contributed by atoms with Crippen LogP contribution in [-0.4, -0.2) is 23.3 Å². The summed E-state index contributed by atoms with van der Waals surface area (Å²) in [5, 5.41) is 5.15. The Morgan fingerprint density at radius 2 is 1.88 bits per heavy atom. The highest BCUT2D eigenvalue weighted by Crippen LogP contribution is 2.25. The van der Waals surface area contributed by atoms with Gasteiger partial charge in [-0.1, -0.05) is 30.3 Å². The predicted octanol–water partition coefficient (Wildman–Crippen LogP) is 3.63. The first kappa shape index (κ1) is 17.7. The summed E-state index contributed by atoms with van der Waals surface area (Å²) in [5.41, 5.74) is 7.80. The zero-order valence-electron chi connectivity index (χ0n) is 15.5. The number of rotatable bonds is 5. The average Bonchev–Trinajstić information content (AvgIpc) is 2.95. The molecule has 0 aliphatic carbocycles. The molecule has 0 radical (unpaired) electrons. The lowest BCUT2D eigenvalue weighted by molar-refractivity contribution is -0.123. The molecule has 1 aromatic heterocycles. The number of nitrogens with one attached hydrogen (secondary N) is 1. The van der Waals surface area contributed by atoms with Crippen LogP contribution in [-0.2, 0) is 11.8 Å². The number of hydrogen-bond donors (Lipinski definition) is 1. The lowest BCUT2D eigenvalue weighted by Crippen LogP contribution is -2.25. The second kappa shape index (κ2) is 7.44. The number of carbonyl (C=O) groups is 1. The van der Waals surface area contributed by atoms with Crippen molar-refractivity contribution in [2.45, 2.75) is 20.8 Å². The van der Waals surface area contributed by atoms with Gasteiger partial charge in [-0.25, -0.2) is 5.43 Å². The Hall–Kier alpha value is -3.08. The van der Waals surface area contributed by atoms with Gasteiger partial charge in [-0.15, -0.1) is 0 Å². The molecule has 0 saturated carbocycles. The van der Waals surface area contributed by atoms with E-state index in [-0.39, 0.29) is 12.5 Å². The van der Waals surface area contributed by atoms with Crippen molar-refractivity contribution >= 4 is 23.0 Å². The Morgan fingerprint density at radius 3 is 2.69 bits per heavy atom. The Morgan fingerprint density at radius 1 is 1.15 bits per heavy atom. The molecule has 0 spiro atoms. The topological polar surface area (TPSA) is 55.6 Å². The summed E-state index contributed by atoms with van der Waals surface area (Å²) in [6.07, 6.45) is 3.64. The summed E-state index contributed by atoms with van der Waals surface area (Å²) < 4.78 is 7.73. The molecule has 3 aromatic rings. The number of hydrogen-bond acceptors (Lipinski definition) is 3. The summed E-state index contributed by atoms with van der Waals surface area (Å²) in [6, 6.07) is 12.1. The van der Waals surface area contributed by atoms with Crippen LogP contribution < -0.4 is 10.2 Å². The van der Waals surface area contributed by atoms with Gasteiger partial charge in [-0.05, 0) is 43.5 Å². The molecule has 1 amide bonds. The second-order valence-electron chi connectivity index (χ2n) is 6.45. The Kier molecular flexibility index (Phi) is 5.07. The number of para-hydroxylation sites is 1. The van der Waals surface area contributed by atoms with E-state index in [1.807, 2.05) is 75.0 Å². The van der Waals surface area contributed by atoms with Crippen LogP contribution in [0, 0.1) is 20.8 Å². The molecule has 0 saturated heterocycles. The van der Waals surface area contributed by atoms with E-state index in [2.05, 4.69) is 10.5 Å². The van der Waals surface area contributed by atoms with Crippen LogP contribution in [0.15, 0.2) is 47.7 Å². The summed E-state index contributed by atoms with van der Waals surface area (Å²) in [6.45, 7) is 5.92. The fraction of sp³-hybridized carbons (Fsp3) is 0.238. The molecular formula is C21H23N3O2. The van der Waals surface area contributed by atoms with Gasteiger partial charge in [-0.3, -0.25) is 4.79 Å². The normalized spacial score (nSPS) is 11.2. The van der Waals surface area contributed by atoms with Crippen molar-refractivity contribution < 1.29 is 9.53 Å². The minimum Gasteiger partial charge on any atom is -0.483 e. The summed E-state index contributed by atoms with van der Waals surface area (Å²) in [7, 11) is 1.98. The van der Waals surface area contributed by atoms with Gasteiger partial charge in [0.25, 0.3) is 5.91 Å². The molecule has 5 nitrogen and oxygen atoms in total. The zero-order chi connectivity index (χ0) is 18.7. The summed E-state index contributed by atoms with van der Waals surface area (Å²) >= 11 is 0. The zero-order valence-corrected chi connectivity index (χ0v) is 15.5. The number of aryl methyl sites for hydroxylation is 3. The Labute approximate surface area is 153 Å². The van der Waals surface area contributed by atoms with E-state index in [9.17, 15) is 4.79 Å². The number of amides is 1. The highest BCUT2D eigenvalue weighted by atomic mass is 16.5. The lowest BCUT2D eigenvalue weighted by atomic mass is 10.1. The highest BCUT2D eigenvalue weighted by Gasteiger charge is 2.09. The third-order valence-electron chi connectivity index (χ3n) is 4.54. The molecule has 26 heavy (non-hydrogen) atoms. The average molecular weight is 349 g/mol. The Balaban J connectivity index is 1.62. The van der Waals surface area contributed by atoms with Crippen LogP contribution in [0.2, 0.25) is 0 Å². The molecule has 0 atom stereocenters. The van der Waals surface area contributed by atoms with Crippen LogP contribution in [0.3, 0.4) is 0 Å². The van der Waals surface area contributed by atoms with Crippen molar-refractivity contribution in [2.24, 2.45) is 12.1 Å². The van der Waals surface area contributed by atoms with E-state index in [1.54, 1.807) is 6.21 Å². The van der Waals surface area contributed by atoms with E-state index < -0.39 is 0 Å². The monoisotopic (exact) mass is 349 g/mol. The van der Waals surface area contributed by atoms with Crippen LogP contribution >= 0.6 is 0 Å². The van der Waals surface area contributed by atoms with Gasteiger partial charge in [0.05, 0.1) is 6.21 Å². The van der Waals surface area contributed by atoms with Gasteiger partial charge in [-0.2, -0.15) is 5.10 Å². The van der Waals surface area contributed by atoms with E-state index in [4.69, 9.17) is 4.74 Å². The van der Waals surface area contributed by atoms with Crippen molar-refractivity contribution in [3.63, 3.8) is 0 Å². The minimum atomic E-state index is -0.290. The molecule has 0 aliphatic heterocycles. The molecule has 0 fully saturated rings. The number of aromatic nitrogens is 1. The van der Waals surface area contributed by atoms with E-state index in [0.29, 0.717) is 0 Å². The van der Waals surface area contributed by atoms with Crippen molar-refractivity contribution in [2.75, 3.05) is 6.61 Å². The maximum Gasteiger partial charge on any atom is 0.277 e. The number of carbonyl (C=O) groups excluding carboxylic acids is 1. The number of benzene rings is 2. The summed E-state index contributed by atoms with van der Waals surface area (Å²) in [4.78, 5) is 12.0. The predicted molar refractivity (Wildman–Crippen MR) is 105 cm³/mol. The second-order valence-corrected chi connectivity index (χ2v) is 6.45. The molecule has 0 unspecified atom stereocenters. The first-order chi connectivity index (χ1) is 12.5. The van der Waals surface area contributed by atoms with Crippen molar-refractivity contribution in [1.29, 1.82) is 0 Å². The SMILES string of the molecule is Cc1ccc(C)c(OCC(=O)N/N=C/c2cn(C)c3ccccc23)c1C. The van der Waals surface area contributed by atoms with Crippen LogP contribution in [0.25, 0.3) is 10.9 Å². The molecular weight excluding hydrogens is 326 g/mol. The molecule has 134 valence electrons. The standard InChI is InChI=1S/C21H23N3O2/c1-14-9-10-15(2)21(16(14)3)26-13-20(25)23-22-11-17-12-24(4)19-8-6-5-7-18(17)19/h5-12H,13H2,1-4H3,(H,23,25)/b22-11+. The number of hydrazone groups is 1. The van der Waals surface area contributed by atoms with Gasteiger partial charge in [0.15, 0.2) is 6.61 Å². The Bertz CT molecular complexity index is 986.